The molecule has 108 valence electrons. The third-order valence-electron chi connectivity index (χ3n) is 4.18. The van der Waals surface area contributed by atoms with Crippen molar-refractivity contribution >= 4 is 11.6 Å². The van der Waals surface area contributed by atoms with E-state index in [0.29, 0.717) is 6.54 Å². The Morgan fingerprint density at radius 1 is 1.30 bits per heavy atom. The molecule has 20 heavy (non-hydrogen) atoms. The molecular formula is C16H22N2O2. The minimum atomic E-state index is -0.0314. The molecule has 3 rings (SSSR count). The smallest absolute Gasteiger partial charge is 0.227 e. The number of rotatable bonds is 3. The molecule has 4 nitrogen and oxygen atoms in total. The van der Waals surface area contributed by atoms with Gasteiger partial charge in [-0.25, -0.2) is 0 Å². The summed E-state index contributed by atoms with van der Waals surface area (Å²) in [6, 6.07) is 8.08. The van der Waals surface area contributed by atoms with Crippen molar-refractivity contribution in [2.24, 2.45) is 0 Å². The summed E-state index contributed by atoms with van der Waals surface area (Å²) in [4.78, 5) is 12.4. The number of benzene rings is 1. The molecule has 1 fully saturated rings. The lowest BCUT2D eigenvalue weighted by Gasteiger charge is -2.27. The Balaban J connectivity index is 1.60. The number of carbonyl (C=O) groups is 1. The van der Waals surface area contributed by atoms with Gasteiger partial charge in [0.25, 0.3) is 0 Å². The lowest BCUT2D eigenvalue weighted by Crippen LogP contribution is -2.39. The first-order valence-electron chi connectivity index (χ1n) is 7.57. The predicted molar refractivity (Wildman–Crippen MR) is 78.9 cm³/mol. The lowest BCUT2D eigenvalue weighted by atomic mass is 9.90. The fourth-order valence-corrected chi connectivity index (χ4v) is 3.05. The summed E-state index contributed by atoms with van der Waals surface area (Å²) in [5.41, 5.74) is 2.20. The first kappa shape index (κ1) is 13.4. The van der Waals surface area contributed by atoms with E-state index in [2.05, 4.69) is 10.6 Å². The zero-order valence-corrected chi connectivity index (χ0v) is 11.7. The molecule has 1 aromatic rings. The molecule has 2 aliphatic heterocycles. The topological polar surface area (TPSA) is 50.4 Å². The largest absolute Gasteiger partial charge is 0.385 e. The molecule has 1 aromatic carbocycles. The monoisotopic (exact) mass is 274 g/mol. The van der Waals surface area contributed by atoms with Gasteiger partial charge in [-0.05, 0) is 37.3 Å². The van der Waals surface area contributed by atoms with Crippen LogP contribution in [0.15, 0.2) is 24.3 Å². The van der Waals surface area contributed by atoms with Crippen LogP contribution < -0.4 is 10.6 Å². The van der Waals surface area contributed by atoms with Gasteiger partial charge in [0.1, 0.15) is 0 Å². The second-order valence-corrected chi connectivity index (χ2v) is 5.59. The Labute approximate surface area is 119 Å². The zero-order valence-electron chi connectivity index (χ0n) is 11.7. The van der Waals surface area contributed by atoms with E-state index in [9.17, 15) is 4.79 Å². The fraction of sp³-hybridized carbons (Fsp3) is 0.562. The predicted octanol–water partition coefficient (Wildman–Crippen LogP) is 2.27. The van der Waals surface area contributed by atoms with Gasteiger partial charge in [-0.2, -0.15) is 0 Å². The van der Waals surface area contributed by atoms with Crippen molar-refractivity contribution in [3.8, 4) is 0 Å². The molecule has 2 aliphatic rings. The van der Waals surface area contributed by atoms with Crippen LogP contribution in [0.5, 0.6) is 0 Å². The third-order valence-corrected chi connectivity index (χ3v) is 4.18. The van der Waals surface area contributed by atoms with Gasteiger partial charge in [0.05, 0.1) is 12.0 Å². The maximum absolute atomic E-state index is 12.4. The van der Waals surface area contributed by atoms with Gasteiger partial charge >= 0.3 is 0 Å². The van der Waals surface area contributed by atoms with Crippen LogP contribution in [0.3, 0.4) is 0 Å². The molecule has 4 heteroatoms. The van der Waals surface area contributed by atoms with E-state index in [1.165, 1.54) is 6.42 Å². The summed E-state index contributed by atoms with van der Waals surface area (Å²) in [7, 11) is 0. The molecule has 1 amide bonds. The standard InChI is InChI=1S/C16H22N2O2/c19-16(18-11-12-5-3-4-10-20-12)14-8-9-17-15-7-2-1-6-13(14)15/h1-2,6-7,12,14,17H,3-5,8-11H2,(H,18,19). The van der Waals surface area contributed by atoms with Crippen LogP contribution >= 0.6 is 0 Å². The van der Waals surface area contributed by atoms with Crippen molar-refractivity contribution in [2.45, 2.75) is 37.7 Å². The quantitative estimate of drug-likeness (QED) is 0.889. The summed E-state index contributed by atoms with van der Waals surface area (Å²) in [5, 5.41) is 6.42. The van der Waals surface area contributed by atoms with Crippen LogP contribution in [-0.2, 0) is 9.53 Å². The van der Waals surface area contributed by atoms with Crippen LogP contribution in [-0.4, -0.2) is 31.7 Å². The van der Waals surface area contributed by atoms with Crippen LogP contribution in [0.2, 0.25) is 0 Å². The first-order valence-corrected chi connectivity index (χ1v) is 7.57. The number of carbonyl (C=O) groups excluding carboxylic acids is 1. The summed E-state index contributed by atoms with van der Waals surface area (Å²) in [6.45, 7) is 2.33. The van der Waals surface area contributed by atoms with Crippen molar-refractivity contribution in [2.75, 3.05) is 25.0 Å². The maximum Gasteiger partial charge on any atom is 0.227 e. The normalized spacial score (nSPS) is 25.4. The average Bonchev–Trinajstić information content (AvgIpc) is 2.53. The van der Waals surface area contributed by atoms with Crippen molar-refractivity contribution in [1.29, 1.82) is 0 Å². The molecular weight excluding hydrogens is 252 g/mol. The van der Waals surface area contributed by atoms with Crippen molar-refractivity contribution in [1.82, 2.24) is 5.32 Å². The van der Waals surface area contributed by atoms with Gasteiger partial charge in [-0.3, -0.25) is 4.79 Å². The number of para-hydroxylation sites is 1. The summed E-state index contributed by atoms with van der Waals surface area (Å²) in [6.07, 6.45) is 4.46. The molecule has 0 saturated carbocycles. The Morgan fingerprint density at radius 3 is 3.05 bits per heavy atom. The van der Waals surface area contributed by atoms with Gasteiger partial charge in [0.2, 0.25) is 5.91 Å². The fourth-order valence-electron chi connectivity index (χ4n) is 3.05. The van der Waals surface area contributed by atoms with Crippen LogP contribution in [0.25, 0.3) is 0 Å². The molecule has 1 saturated heterocycles. The number of fused-ring (bicyclic) bond motifs is 1. The molecule has 2 N–H and O–H groups in total. The molecule has 0 radical (unpaired) electrons. The Hall–Kier alpha value is -1.55. The number of hydrogen-bond donors (Lipinski definition) is 2. The summed E-state index contributed by atoms with van der Waals surface area (Å²) < 4.78 is 5.66. The van der Waals surface area contributed by atoms with Crippen molar-refractivity contribution < 1.29 is 9.53 Å². The van der Waals surface area contributed by atoms with Gasteiger partial charge in [0, 0.05) is 25.4 Å². The van der Waals surface area contributed by atoms with E-state index in [4.69, 9.17) is 4.74 Å². The molecule has 0 aliphatic carbocycles. The highest BCUT2D eigenvalue weighted by atomic mass is 16.5. The minimum absolute atomic E-state index is 0.0314. The first-order chi connectivity index (χ1) is 9.84. The molecule has 0 spiro atoms. The third kappa shape index (κ3) is 2.96. The Kier molecular flexibility index (Phi) is 4.21. The molecule has 0 aromatic heterocycles. The van der Waals surface area contributed by atoms with E-state index in [1.54, 1.807) is 0 Å². The minimum Gasteiger partial charge on any atom is -0.385 e. The number of amides is 1. The van der Waals surface area contributed by atoms with E-state index in [1.807, 2.05) is 24.3 Å². The highest BCUT2D eigenvalue weighted by Gasteiger charge is 2.26. The Bertz CT molecular complexity index is 469. The second-order valence-electron chi connectivity index (χ2n) is 5.59. The van der Waals surface area contributed by atoms with E-state index in [0.717, 1.165) is 43.7 Å². The van der Waals surface area contributed by atoms with Crippen LogP contribution in [0.1, 0.15) is 37.2 Å². The van der Waals surface area contributed by atoms with E-state index in [-0.39, 0.29) is 17.9 Å². The highest BCUT2D eigenvalue weighted by Crippen LogP contribution is 2.31. The van der Waals surface area contributed by atoms with Crippen molar-refractivity contribution in [3.05, 3.63) is 29.8 Å². The number of ether oxygens (including phenoxy) is 1. The van der Waals surface area contributed by atoms with Crippen molar-refractivity contribution in [3.63, 3.8) is 0 Å². The maximum atomic E-state index is 12.4. The van der Waals surface area contributed by atoms with Gasteiger partial charge in [0.15, 0.2) is 0 Å². The van der Waals surface area contributed by atoms with E-state index < -0.39 is 0 Å². The Morgan fingerprint density at radius 2 is 2.20 bits per heavy atom. The van der Waals surface area contributed by atoms with Gasteiger partial charge in [-0.1, -0.05) is 18.2 Å². The van der Waals surface area contributed by atoms with Gasteiger partial charge in [-0.15, -0.1) is 0 Å². The highest BCUT2D eigenvalue weighted by molar-refractivity contribution is 5.86. The summed E-state index contributed by atoms with van der Waals surface area (Å²) in [5.74, 6) is 0.101. The average molecular weight is 274 g/mol. The number of anilines is 1. The molecule has 2 heterocycles. The van der Waals surface area contributed by atoms with Crippen LogP contribution in [0.4, 0.5) is 5.69 Å². The zero-order chi connectivity index (χ0) is 13.8. The second kappa shape index (κ2) is 6.27. The van der Waals surface area contributed by atoms with Gasteiger partial charge < -0.3 is 15.4 Å². The SMILES string of the molecule is O=C(NCC1CCCCO1)C1CCNc2ccccc21. The van der Waals surface area contributed by atoms with Crippen LogP contribution in [0, 0.1) is 0 Å². The number of nitrogens with one attached hydrogen (secondary N) is 2. The molecule has 0 bridgehead atoms. The number of hydrogen-bond acceptors (Lipinski definition) is 3. The molecule has 2 atom stereocenters. The lowest BCUT2D eigenvalue weighted by molar-refractivity contribution is -0.123. The summed E-state index contributed by atoms with van der Waals surface area (Å²) >= 11 is 0. The van der Waals surface area contributed by atoms with E-state index >= 15 is 0 Å². The molecule has 2 unspecified atom stereocenters.